The SMILES string of the molecule is O=C1C(=O)N(c2nc3ccc(F)cc3s2)C(c2ccc(OCc3ccccc3)cc2)/C1=C(\O)c1ccc(F)cc1. The summed E-state index contributed by atoms with van der Waals surface area (Å²) in [7, 11) is 0. The smallest absolute Gasteiger partial charge is 0.301 e. The van der Waals surface area contributed by atoms with Gasteiger partial charge < -0.3 is 9.84 Å². The number of fused-ring (bicyclic) bond motifs is 1. The van der Waals surface area contributed by atoms with Crippen LogP contribution in [0.25, 0.3) is 16.0 Å². The van der Waals surface area contributed by atoms with Crippen molar-refractivity contribution in [2.24, 2.45) is 0 Å². The number of halogens is 2. The highest BCUT2D eigenvalue weighted by molar-refractivity contribution is 7.22. The molecule has 1 saturated heterocycles. The second kappa shape index (κ2) is 10.3. The van der Waals surface area contributed by atoms with Gasteiger partial charge in [-0.25, -0.2) is 13.8 Å². The fraction of sp³-hybridized carbons (Fsp3) is 0.0645. The molecule has 9 heteroatoms. The normalized spacial score (nSPS) is 16.6. The van der Waals surface area contributed by atoms with Gasteiger partial charge in [0.05, 0.1) is 21.8 Å². The lowest BCUT2D eigenvalue weighted by molar-refractivity contribution is -0.132. The van der Waals surface area contributed by atoms with Gasteiger partial charge in [0.25, 0.3) is 5.78 Å². The van der Waals surface area contributed by atoms with Gasteiger partial charge in [0.15, 0.2) is 5.13 Å². The van der Waals surface area contributed by atoms with Gasteiger partial charge >= 0.3 is 5.91 Å². The third-order valence-electron chi connectivity index (χ3n) is 6.55. The number of hydrogen-bond donors (Lipinski definition) is 1. The van der Waals surface area contributed by atoms with Crippen molar-refractivity contribution >= 4 is 44.1 Å². The van der Waals surface area contributed by atoms with Crippen LogP contribution < -0.4 is 9.64 Å². The molecule has 0 saturated carbocycles. The summed E-state index contributed by atoms with van der Waals surface area (Å²) in [5.41, 5.74) is 1.98. The maximum Gasteiger partial charge on any atom is 0.301 e. The Bertz CT molecular complexity index is 1770. The number of aliphatic hydroxyl groups is 1. The van der Waals surface area contributed by atoms with Gasteiger partial charge in [-0.15, -0.1) is 0 Å². The van der Waals surface area contributed by atoms with E-state index in [1.54, 1.807) is 24.3 Å². The molecule has 1 aliphatic heterocycles. The highest BCUT2D eigenvalue weighted by Gasteiger charge is 2.48. The van der Waals surface area contributed by atoms with E-state index in [1.807, 2.05) is 30.3 Å². The number of aliphatic hydroxyl groups excluding tert-OH is 1. The lowest BCUT2D eigenvalue weighted by Crippen LogP contribution is -2.29. The molecule has 5 aromatic rings. The molecule has 1 aliphatic rings. The molecule has 1 fully saturated rings. The van der Waals surface area contributed by atoms with Gasteiger partial charge in [-0.2, -0.15) is 0 Å². The molecule has 0 spiro atoms. The van der Waals surface area contributed by atoms with Gasteiger partial charge in [0.1, 0.15) is 29.8 Å². The summed E-state index contributed by atoms with van der Waals surface area (Å²) in [6.45, 7) is 0.353. The average molecular weight is 555 g/mol. The molecule has 6 nitrogen and oxygen atoms in total. The lowest BCUT2D eigenvalue weighted by Gasteiger charge is -2.23. The molecular formula is C31H20F2N2O4S. The highest BCUT2D eigenvalue weighted by atomic mass is 32.1. The Morgan fingerprint density at radius 3 is 2.33 bits per heavy atom. The largest absolute Gasteiger partial charge is 0.507 e. The average Bonchev–Trinajstić information content (AvgIpc) is 3.50. The molecule has 4 aromatic carbocycles. The van der Waals surface area contributed by atoms with Crippen molar-refractivity contribution in [2.45, 2.75) is 12.6 Å². The predicted octanol–water partition coefficient (Wildman–Crippen LogP) is 6.78. The lowest BCUT2D eigenvalue weighted by atomic mass is 9.95. The standard InChI is InChI=1S/C31H20F2N2O4S/c32-21-10-6-20(7-11-21)28(36)26-27(19-8-13-23(14-9-19)39-17-18-4-2-1-3-5-18)35(30(38)29(26)37)31-34-24-15-12-22(33)16-25(24)40-31/h1-16,27,36H,17H2/b28-26+. The summed E-state index contributed by atoms with van der Waals surface area (Å²) in [6.07, 6.45) is 0. The first-order chi connectivity index (χ1) is 19.4. The molecule has 1 amide bonds. The Morgan fingerprint density at radius 1 is 0.900 bits per heavy atom. The molecule has 0 bridgehead atoms. The summed E-state index contributed by atoms with van der Waals surface area (Å²) in [6, 6.07) is 24.5. The Kier molecular flexibility index (Phi) is 6.57. The number of thiazole rings is 1. The number of carbonyl (C=O) groups is 2. The van der Waals surface area contributed by atoms with Crippen LogP contribution in [0.2, 0.25) is 0 Å². The molecule has 0 aliphatic carbocycles. The number of nitrogens with zero attached hydrogens (tertiary/aromatic N) is 2. The van der Waals surface area contributed by atoms with Crippen molar-refractivity contribution < 1.29 is 28.2 Å². The molecule has 1 N–H and O–H groups in total. The van der Waals surface area contributed by atoms with Crippen LogP contribution in [0.15, 0.2) is 103 Å². The highest BCUT2D eigenvalue weighted by Crippen LogP contribution is 2.44. The van der Waals surface area contributed by atoms with Crippen LogP contribution in [0.5, 0.6) is 5.75 Å². The first-order valence-corrected chi connectivity index (χ1v) is 13.1. The minimum atomic E-state index is -1.04. The number of aromatic nitrogens is 1. The van der Waals surface area contributed by atoms with Gasteiger partial charge in [-0.3, -0.25) is 14.5 Å². The monoisotopic (exact) mass is 554 g/mol. The van der Waals surface area contributed by atoms with Gasteiger partial charge in [0, 0.05) is 5.56 Å². The molecule has 0 radical (unpaired) electrons. The van der Waals surface area contributed by atoms with E-state index < -0.39 is 35.1 Å². The number of hydrogen-bond acceptors (Lipinski definition) is 6. The summed E-state index contributed by atoms with van der Waals surface area (Å²) in [4.78, 5) is 32.4. The molecule has 2 heterocycles. The predicted molar refractivity (Wildman–Crippen MR) is 148 cm³/mol. The van der Waals surface area contributed by atoms with Crippen LogP contribution in [0, 0.1) is 11.6 Å². The minimum absolute atomic E-state index is 0.167. The second-order valence-corrected chi connectivity index (χ2v) is 10.1. The van der Waals surface area contributed by atoms with E-state index >= 15 is 0 Å². The zero-order valence-electron chi connectivity index (χ0n) is 20.8. The van der Waals surface area contributed by atoms with Gasteiger partial charge in [0.2, 0.25) is 0 Å². The first-order valence-electron chi connectivity index (χ1n) is 12.3. The molecule has 6 rings (SSSR count). The summed E-state index contributed by atoms with van der Waals surface area (Å²) < 4.78 is 33.8. The second-order valence-electron chi connectivity index (χ2n) is 9.13. The maximum atomic E-state index is 13.9. The van der Waals surface area contributed by atoms with Crippen LogP contribution in [-0.2, 0) is 16.2 Å². The number of benzene rings is 4. The van der Waals surface area contributed by atoms with Crippen LogP contribution >= 0.6 is 11.3 Å². The number of anilines is 1. The van der Waals surface area contributed by atoms with Crippen molar-refractivity contribution in [1.29, 1.82) is 0 Å². The molecule has 1 unspecified atom stereocenters. The molecule has 40 heavy (non-hydrogen) atoms. The van der Waals surface area contributed by atoms with Crippen LogP contribution in [0.3, 0.4) is 0 Å². The van der Waals surface area contributed by atoms with Gasteiger partial charge in [-0.1, -0.05) is 53.8 Å². The summed E-state index contributed by atoms with van der Waals surface area (Å²) in [5, 5.41) is 11.4. The van der Waals surface area contributed by atoms with Crippen molar-refractivity contribution in [1.82, 2.24) is 4.98 Å². The zero-order chi connectivity index (χ0) is 27.8. The van der Waals surface area contributed by atoms with E-state index in [-0.39, 0.29) is 16.3 Å². The number of rotatable bonds is 6. The fourth-order valence-electron chi connectivity index (χ4n) is 4.59. The molecular weight excluding hydrogens is 534 g/mol. The van der Waals surface area contributed by atoms with E-state index in [2.05, 4.69) is 4.98 Å². The van der Waals surface area contributed by atoms with Crippen molar-refractivity contribution in [3.05, 3.63) is 131 Å². The van der Waals surface area contributed by atoms with Crippen LogP contribution in [0.1, 0.15) is 22.7 Å². The van der Waals surface area contributed by atoms with E-state index in [1.165, 1.54) is 35.2 Å². The quantitative estimate of drug-likeness (QED) is 0.142. The topological polar surface area (TPSA) is 79.7 Å². The summed E-state index contributed by atoms with van der Waals surface area (Å²) >= 11 is 1.06. The van der Waals surface area contributed by atoms with Crippen molar-refractivity contribution in [3.8, 4) is 5.75 Å². The Morgan fingerprint density at radius 2 is 1.60 bits per heavy atom. The van der Waals surface area contributed by atoms with E-state index in [0.717, 1.165) is 29.0 Å². The van der Waals surface area contributed by atoms with E-state index in [4.69, 9.17) is 4.74 Å². The molecule has 198 valence electrons. The Balaban J connectivity index is 1.43. The summed E-state index contributed by atoms with van der Waals surface area (Å²) in [5.74, 6) is -2.65. The van der Waals surface area contributed by atoms with Crippen molar-refractivity contribution in [2.75, 3.05) is 4.90 Å². The molecule has 1 atom stereocenters. The zero-order valence-corrected chi connectivity index (χ0v) is 21.6. The fourth-order valence-corrected chi connectivity index (χ4v) is 5.60. The number of ether oxygens (including phenoxy) is 1. The van der Waals surface area contributed by atoms with E-state index in [9.17, 15) is 23.5 Å². The third-order valence-corrected chi connectivity index (χ3v) is 7.57. The Labute approximate surface area is 231 Å². The first kappa shape index (κ1) is 25.4. The number of Topliss-reactive ketones (excluding diaryl/α,β-unsaturated/α-hetero) is 1. The molecule has 1 aromatic heterocycles. The van der Waals surface area contributed by atoms with E-state index in [0.29, 0.717) is 28.1 Å². The maximum absolute atomic E-state index is 13.9. The van der Waals surface area contributed by atoms with Gasteiger partial charge in [-0.05, 0) is 65.7 Å². The minimum Gasteiger partial charge on any atom is -0.507 e. The number of amides is 1. The van der Waals surface area contributed by atoms with Crippen LogP contribution in [-0.4, -0.2) is 21.8 Å². The Hall–Kier alpha value is -4.89. The van der Waals surface area contributed by atoms with Crippen LogP contribution in [0.4, 0.5) is 13.9 Å². The van der Waals surface area contributed by atoms with Crippen molar-refractivity contribution in [3.63, 3.8) is 0 Å². The third kappa shape index (κ3) is 4.71. The number of carbonyl (C=O) groups excluding carboxylic acids is 2. The number of ketones is 1.